The number of benzene rings is 5. The second kappa shape index (κ2) is 16.0. The number of nitrogens with one attached hydrogen (secondary N) is 1. The van der Waals surface area contributed by atoms with E-state index in [1.54, 1.807) is 0 Å². The molecule has 6 aromatic rings. The molecule has 0 spiro atoms. The topological polar surface area (TPSA) is 61.9 Å². The van der Waals surface area contributed by atoms with Gasteiger partial charge in [-0.15, -0.1) is 0 Å². The molecule has 0 radical (unpaired) electrons. The zero-order valence-corrected chi connectivity index (χ0v) is 26.9. The molecule has 0 amide bonds. The molecule has 5 atom stereocenters. The number of ether oxygens (including phenoxy) is 5. The van der Waals surface area contributed by atoms with E-state index < -0.39 is 30.5 Å². The highest BCUT2D eigenvalue weighted by atomic mass is 16.6. The number of H-pyrrole nitrogens is 1. The molecule has 6 heteroatoms. The summed E-state index contributed by atoms with van der Waals surface area (Å²) >= 11 is 0. The van der Waals surface area contributed by atoms with E-state index in [-0.39, 0.29) is 0 Å². The molecule has 1 saturated heterocycles. The zero-order valence-electron chi connectivity index (χ0n) is 26.9. The Labute approximate surface area is 282 Å². The Bertz CT molecular complexity index is 1810. The van der Waals surface area contributed by atoms with Crippen LogP contribution < -0.4 is 0 Å². The predicted molar refractivity (Wildman–Crippen MR) is 187 cm³/mol. The molecule has 1 aromatic heterocycles. The summed E-state index contributed by atoms with van der Waals surface area (Å²) in [5.74, 6) is 0. The summed E-state index contributed by atoms with van der Waals surface area (Å²) in [4.78, 5) is 3.45. The predicted octanol–water partition coefficient (Wildman–Crippen LogP) is 8.58. The number of fused-ring (bicyclic) bond motifs is 1. The molecule has 1 aliphatic rings. The van der Waals surface area contributed by atoms with E-state index in [1.165, 1.54) is 0 Å². The average molecular weight is 640 g/mol. The molecular formula is C42H41NO5. The van der Waals surface area contributed by atoms with Crippen molar-refractivity contribution in [3.63, 3.8) is 0 Å². The van der Waals surface area contributed by atoms with Gasteiger partial charge in [0.05, 0.1) is 33.0 Å². The molecule has 7 rings (SSSR count). The van der Waals surface area contributed by atoms with Crippen LogP contribution in [-0.2, 0) is 50.1 Å². The molecule has 0 unspecified atom stereocenters. The highest BCUT2D eigenvalue weighted by Crippen LogP contribution is 2.41. The number of rotatable bonds is 14. The summed E-state index contributed by atoms with van der Waals surface area (Å²) in [5, 5.41) is 1.09. The second-order valence-corrected chi connectivity index (χ2v) is 12.2. The molecular weight excluding hydrogens is 598 g/mol. The van der Waals surface area contributed by atoms with Crippen LogP contribution in [0.4, 0.5) is 0 Å². The minimum Gasteiger partial charge on any atom is -0.374 e. The third-order valence-corrected chi connectivity index (χ3v) is 8.81. The number of para-hydroxylation sites is 1. The maximum absolute atomic E-state index is 7.09. The third kappa shape index (κ3) is 7.93. The van der Waals surface area contributed by atoms with Gasteiger partial charge in [-0.3, -0.25) is 0 Å². The maximum atomic E-state index is 7.09. The summed E-state index contributed by atoms with van der Waals surface area (Å²) in [7, 11) is 0. The van der Waals surface area contributed by atoms with E-state index >= 15 is 0 Å². The Balaban J connectivity index is 1.25. The lowest BCUT2D eigenvalue weighted by Crippen LogP contribution is -2.58. The van der Waals surface area contributed by atoms with E-state index in [9.17, 15) is 0 Å². The highest BCUT2D eigenvalue weighted by molar-refractivity contribution is 5.83. The van der Waals surface area contributed by atoms with Crippen molar-refractivity contribution in [2.75, 3.05) is 6.61 Å². The van der Waals surface area contributed by atoms with Gasteiger partial charge in [0, 0.05) is 22.7 Å². The van der Waals surface area contributed by atoms with Gasteiger partial charge in [0.1, 0.15) is 30.5 Å². The van der Waals surface area contributed by atoms with Gasteiger partial charge in [0.25, 0.3) is 0 Å². The molecule has 0 bridgehead atoms. The fourth-order valence-electron chi connectivity index (χ4n) is 6.37. The first-order chi connectivity index (χ1) is 23.8. The first-order valence-corrected chi connectivity index (χ1v) is 16.6. The first-order valence-electron chi connectivity index (χ1n) is 16.6. The Kier molecular flexibility index (Phi) is 10.7. The first kappa shape index (κ1) is 32.0. The van der Waals surface area contributed by atoms with Crippen molar-refractivity contribution in [3.05, 3.63) is 180 Å². The maximum Gasteiger partial charge on any atom is 0.117 e. The van der Waals surface area contributed by atoms with Crippen molar-refractivity contribution in [3.8, 4) is 0 Å². The number of aromatic amines is 1. The minimum atomic E-state index is -0.487. The Morgan fingerprint density at radius 2 is 0.938 bits per heavy atom. The third-order valence-electron chi connectivity index (χ3n) is 8.81. The van der Waals surface area contributed by atoms with Crippen molar-refractivity contribution in [1.29, 1.82) is 0 Å². The molecule has 244 valence electrons. The standard InChI is InChI=1S/C42H41NO5/c1-5-15-31(16-6-1)26-44-30-38-40(45-27-32-17-7-2-8-18-32)42(47-29-34-21-11-4-12-22-34)41(46-28-33-19-9-3-10-20-33)39(48-38)36-25-43-37-24-14-13-23-35(36)37/h1-25,38-43H,26-30H2/t38-,39+,40-,41+,42+/m1/s1. The van der Waals surface area contributed by atoms with Crippen molar-refractivity contribution < 1.29 is 23.7 Å². The van der Waals surface area contributed by atoms with Crippen molar-refractivity contribution >= 4 is 10.9 Å². The Morgan fingerprint density at radius 3 is 1.50 bits per heavy atom. The highest BCUT2D eigenvalue weighted by Gasteiger charge is 2.49. The fraction of sp³-hybridized carbons (Fsp3) is 0.238. The molecule has 1 N–H and O–H groups in total. The normalized spacial score (nSPS) is 21.0. The molecule has 2 heterocycles. The second-order valence-electron chi connectivity index (χ2n) is 12.2. The number of hydrogen-bond acceptors (Lipinski definition) is 5. The van der Waals surface area contributed by atoms with Crippen LogP contribution in [0.3, 0.4) is 0 Å². The van der Waals surface area contributed by atoms with Gasteiger partial charge in [-0.2, -0.15) is 0 Å². The number of hydrogen-bond donors (Lipinski definition) is 1. The van der Waals surface area contributed by atoms with Crippen LogP contribution in [0.25, 0.3) is 10.9 Å². The molecule has 1 fully saturated rings. The summed E-state index contributed by atoms with van der Waals surface area (Å²) in [6.07, 6.45) is -0.294. The summed E-state index contributed by atoms with van der Waals surface area (Å²) in [5.41, 5.74) is 6.39. The van der Waals surface area contributed by atoms with E-state index in [1.807, 2.05) is 85.1 Å². The van der Waals surface area contributed by atoms with Crippen LogP contribution in [0.15, 0.2) is 152 Å². The van der Waals surface area contributed by atoms with Crippen LogP contribution >= 0.6 is 0 Å². The smallest absolute Gasteiger partial charge is 0.117 e. The van der Waals surface area contributed by atoms with Crippen LogP contribution in [0, 0.1) is 0 Å². The van der Waals surface area contributed by atoms with Gasteiger partial charge in [-0.1, -0.05) is 140 Å². The Morgan fingerprint density at radius 1 is 0.479 bits per heavy atom. The molecule has 6 nitrogen and oxygen atoms in total. The zero-order chi connectivity index (χ0) is 32.4. The molecule has 48 heavy (non-hydrogen) atoms. The lowest BCUT2D eigenvalue weighted by Gasteiger charge is -2.46. The van der Waals surface area contributed by atoms with Gasteiger partial charge >= 0.3 is 0 Å². The number of aromatic nitrogens is 1. The minimum absolute atomic E-state index is 0.323. The molecule has 1 aliphatic heterocycles. The van der Waals surface area contributed by atoms with E-state index in [4.69, 9.17) is 23.7 Å². The largest absolute Gasteiger partial charge is 0.374 e. The quantitative estimate of drug-likeness (QED) is 0.129. The van der Waals surface area contributed by atoms with Crippen LogP contribution in [0.5, 0.6) is 0 Å². The monoisotopic (exact) mass is 639 g/mol. The van der Waals surface area contributed by atoms with E-state index in [0.29, 0.717) is 33.0 Å². The molecule has 0 saturated carbocycles. The van der Waals surface area contributed by atoms with Crippen LogP contribution in [-0.4, -0.2) is 36.0 Å². The van der Waals surface area contributed by atoms with Gasteiger partial charge in [-0.05, 0) is 28.3 Å². The summed E-state index contributed by atoms with van der Waals surface area (Å²) in [6, 6.07) is 49.2. The fourth-order valence-corrected chi connectivity index (χ4v) is 6.37. The van der Waals surface area contributed by atoms with Crippen molar-refractivity contribution in [2.24, 2.45) is 0 Å². The molecule has 5 aromatic carbocycles. The summed E-state index contributed by atoms with van der Waals surface area (Å²) in [6.45, 7) is 2.00. The van der Waals surface area contributed by atoms with Crippen LogP contribution in [0.2, 0.25) is 0 Å². The van der Waals surface area contributed by atoms with Gasteiger partial charge in [0.2, 0.25) is 0 Å². The SMILES string of the molecule is c1ccc(COC[C@H]2O[C@@H](c3c[nH]c4ccccc34)[C@H](OCc3ccccc3)[C@@H](OCc3ccccc3)[C@@H]2OCc2ccccc2)cc1. The van der Waals surface area contributed by atoms with Crippen molar-refractivity contribution in [2.45, 2.75) is 56.9 Å². The van der Waals surface area contributed by atoms with Gasteiger partial charge < -0.3 is 28.7 Å². The Hall–Kier alpha value is -4.56. The molecule has 0 aliphatic carbocycles. The lowest BCUT2D eigenvalue weighted by molar-refractivity contribution is -0.274. The lowest BCUT2D eigenvalue weighted by atomic mass is 9.90. The van der Waals surface area contributed by atoms with E-state index in [2.05, 4.69) is 71.7 Å². The van der Waals surface area contributed by atoms with Crippen LogP contribution in [0.1, 0.15) is 33.9 Å². The van der Waals surface area contributed by atoms with E-state index in [0.717, 1.165) is 38.7 Å². The van der Waals surface area contributed by atoms with Gasteiger partial charge in [-0.25, -0.2) is 0 Å². The van der Waals surface area contributed by atoms with Crippen molar-refractivity contribution in [1.82, 2.24) is 4.98 Å². The summed E-state index contributed by atoms with van der Waals surface area (Å²) < 4.78 is 34.0. The van der Waals surface area contributed by atoms with Gasteiger partial charge in [0.15, 0.2) is 0 Å². The average Bonchev–Trinajstić information content (AvgIpc) is 3.58.